The summed E-state index contributed by atoms with van der Waals surface area (Å²) in [5.41, 5.74) is 2.32. The summed E-state index contributed by atoms with van der Waals surface area (Å²) in [5, 5.41) is 7.24. The molecule has 1 atom stereocenters. The largest absolute Gasteiger partial charge is 0.376 e. The Labute approximate surface area is 123 Å². The van der Waals surface area contributed by atoms with Gasteiger partial charge >= 0.3 is 0 Å². The van der Waals surface area contributed by atoms with Crippen LogP contribution in [0.4, 0.5) is 5.69 Å². The maximum atomic E-state index is 4.64. The normalized spacial score (nSPS) is 12.6. The zero-order valence-electron chi connectivity index (χ0n) is 12.0. The molecule has 2 nitrogen and oxygen atoms in total. The van der Waals surface area contributed by atoms with Gasteiger partial charge in [0, 0.05) is 16.0 Å². The molecule has 20 heavy (non-hydrogen) atoms. The van der Waals surface area contributed by atoms with Crippen molar-refractivity contribution in [1.82, 2.24) is 4.98 Å². The predicted octanol–water partition coefficient (Wildman–Crippen LogP) is 5.09. The Bertz CT molecular complexity index is 740. The zero-order chi connectivity index (χ0) is 14.1. The summed E-state index contributed by atoms with van der Waals surface area (Å²) in [6.07, 6.45) is 0. The minimum absolute atomic E-state index is 0.214. The second-order valence-corrected chi connectivity index (χ2v) is 6.47. The molecule has 0 saturated carbocycles. The summed E-state index contributed by atoms with van der Waals surface area (Å²) in [6.45, 7) is 6.37. The number of aryl methyl sites for hydroxylation is 2. The van der Waals surface area contributed by atoms with Crippen molar-refractivity contribution in [2.45, 2.75) is 26.8 Å². The maximum Gasteiger partial charge on any atom is 0.0901 e. The van der Waals surface area contributed by atoms with Gasteiger partial charge in [-0.1, -0.05) is 36.4 Å². The van der Waals surface area contributed by atoms with E-state index in [9.17, 15) is 0 Å². The van der Waals surface area contributed by atoms with Crippen LogP contribution in [0, 0.1) is 13.8 Å². The van der Waals surface area contributed by atoms with Crippen LogP contribution in [0.15, 0.2) is 42.5 Å². The molecule has 2 aromatic carbocycles. The summed E-state index contributed by atoms with van der Waals surface area (Å²) >= 11 is 1.76. The SMILES string of the molecule is Cc1nc(C(C)Nc2cccc3ccccc23)c(C)s1. The number of aromatic nitrogens is 1. The van der Waals surface area contributed by atoms with Crippen molar-refractivity contribution >= 4 is 27.8 Å². The first-order valence-corrected chi connectivity index (χ1v) is 7.65. The van der Waals surface area contributed by atoms with Crippen LogP contribution in [0.3, 0.4) is 0 Å². The molecular weight excluding hydrogens is 264 g/mol. The summed E-state index contributed by atoms with van der Waals surface area (Å²) in [7, 11) is 0. The minimum atomic E-state index is 0.214. The molecule has 102 valence electrons. The molecule has 0 saturated heterocycles. The number of thiazole rings is 1. The van der Waals surface area contributed by atoms with Crippen molar-refractivity contribution in [3.8, 4) is 0 Å². The predicted molar refractivity (Wildman–Crippen MR) is 87.6 cm³/mol. The molecule has 1 N–H and O–H groups in total. The maximum absolute atomic E-state index is 4.64. The second kappa shape index (κ2) is 5.25. The van der Waals surface area contributed by atoms with Crippen molar-refractivity contribution in [2.24, 2.45) is 0 Å². The van der Waals surface area contributed by atoms with Crippen molar-refractivity contribution in [1.29, 1.82) is 0 Å². The fourth-order valence-electron chi connectivity index (χ4n) is 2.60. The minimum Gasteiger partial charge on any atom is -0.376 e. The van der Waals surface area contributed by atoms with E-state index < -0.39 is 0 Å². The van der Waals surface area contributed by atoms with Crippen molar-refractivity contribution < 1.29 is 0 Å². The monoisotopic (exact) mass is 282 g/mol. The standard InChI is InChI=1S/C17H18N2S/c1-11(17-12(2)20-13(3)19-17)18-16-10-6-8-14-7-4-5-9-15(14)16/h4-11,18H,1-3H3. The molecule has 3 heteroatoms. The second-order valence-electron chi connectivity index (χ2n) is 5.07. The summed E-state index contributed by atoms with van der Waals surface area (Å²) in [5.74, 6) is 0. The number of nitrogens with zero attached hydrogens (tertiary/aromatic N) is 1. The first kappa shape index (κ1) is 13.1. The van der Waals surface area contributed by atoms with E-state index >= 15 is 0 Å². The molecule has 0 radical (unpaired) electrons. The van der Waals surface area contributed by atoms with Gasteiger partial charge in [-0.05, 0) is 32.2 Å². The Morgan fingerprint density at radius 2 is 1.80 bits per heavy atom. The van der Waals surface area contributed by atoms with E-state index in [-0.39, 0.29) is 6.04 Å². The fraction of sp³-hybridized carbons (Fsp3) is 0.235. The highest BCUT2D eigenvalue weighted by Gasteiger charge is 2.13. The average Bonchev–Trinajstić information content (AvgIpc) is 2.78. The fourth-order valence-corrected chi connectivity index (χ4v) is 3.51. The molecule has 0 bridgehead atoms. The smallest absolute Gasteiger partial charge is 0.0901 e. The van der Waals surface area contributed by atoms with Crippen molar-refractivity contribution in [3.05, 3.63) is 58.0 Å². The third-order valence-corrected chi connectivity index (χ3v) is 4.41. The van der Waals surface area contributed by atoms with Crippen LogP contribution in [-0.4, -0.2) is 4.98 Å². The first-order valence-electron chi connectivity index (χ1n) is 6.83. The number of rotatable bonds is 3. The molecule has 1 unspecified atom stereocenters. The van der Waals surface area contributed by atoms with Gasteiger partial charge in [-0.25, -0.2) is 4.98 Å². The number of hydrogen-bond acceptors (Lipinski definition) is 3. The van der Waals surface area contributed by atoms with Crippen LogP contribution in [0.2, 0.25) is 0 Å². The molecule has 3 rings (SSSR count). The van der Waals surface area contributed by atoms with Crippen LogP contribution in [0.5, 0.6) is 0 Å². The van der Waals surface area contributed by atoms with Gasteiger partial charge in [0.2, 0.25) is 0 Å². The van der Waals surface area contributed by atoms with Crippen LogP contribution in [0.25, 0.3) is 10.8 Å². The molecular formula is C17H18N2S. The number of benzene rings is 2. The molecule has 0 aliphatic heterocycles. The topological polar surface area (TPSA) is 24.9 Å². The van der Waals surface area contributed by atoms with E-state index in [1.54, 1.807) is 11.3 Å². The molecule has 0 amide bonds. The van der Waals surface area contributed by atoms with Gasteiger partial charge < -0.3 is 5.32 Å². The Kier molecular flexibility index (Phi) is 3.45. The van der Waals surface area contributed by atoms with E-state index in [0.717, 1.165) is 10.7 Å². The van der Waals surface area contributed by atoms with Crippen LogP contribution >= 0.6 is 11.3 Å². The number of hydrogen-bond donors (Lipinski definition) is 1. The first-order chi connectivity index (χ1) is 9.65. The van der Waals surface area contributed by atoms with Crippen LogP contribution < -0.4 is 5.32 Å². The van der Waals surface area contributed by atoms with Gasteiger partial charge in [0.15, 0.2) is 0 Å². The molecule has 0 aliphatic rings. The highest BCUT2D eigenvalue weighted by Crippen LogP contribution is 2.29. The highest BCUT2D eigenvalue weighted by molar-refractivity contribution is 7.11. The van der Waals surface area contributed by atoms with E-state index in [2.05, 4.69) is 73.5 Å². The lowest BCUT2D eigenvalue weighted by molar-refractivity contribution is 0.838. The molecule has 0 aliphatic carbocycles. The molecule has 0 fully saturated rings. The van der Waals surface area contributed by atoms with Gasteiger partial charge in [0.1, 0.15) is 0 Å². The Morgan fingerprint density at radius 1 is 1.05 bits per heavy atom. The quantitative estimate of drug-likeness (QED) is 0.724. The van der Waals surface area contributed by atoms with E-state index in [0.29, 0.717) is 0 Å². The molecule has 3 aromatic rings. The van der Waals surface area contributed by atoms with Gasteiger partial charge in [0.25, 0.3) is 0 Å². The van der Waals surface area contributed by atoms with Crippen LogP contribution in [0.1, 0.15) is 28.5 Å². The van der Waals surface area contributed by atoms with Crippen LogP contribution in [-0.2, 0) is 0 Å². The van der Waals surface area contributed by atoms with E-state index in [4.69, 9.17) is 0 Å². The van der Waals surface area contributed by atoms with Gasteiger partial charge in [-0.2, -0.15) is 0 Å². The van der Waals surface area contributed by atoms with E-state index in [1.165, 1.54) is 21.3 Å². The molecule has 1 aromatic heterocycles. The lowest BCUT2D eigenvalue weighted by atomic mass is 10.1. The Balaban J connectivity index is 1.95. The van der Waals surface area contributed by atoms with Crippen molar-refractivity contribution in [2.75, 3.05) is 5.32 Å². The Hall–Kier alpha value is -1.87. The lowest BCUT2D eigenvalue weighted by Crippen LogP contribution is -2.08. The number of fused-ring (bicyclic) bond motifs is 1. The average molecular weight is 282 g/mol. The van der Waals surface area contributed by atoms with Crippen molar-refractivity contribution in [3.63, 3.8) is 0 Å². The summed E-state index contributed by atoms with van der Waals surface area (Å²) < 4.78 is 0. The highest BCUT2D eigenvalue weighted by atomic mass is 32.1. The third kappa shape index (κ3) is 2.41. The molecule has 0 spiro atoms. The number of anilines is 1. The summed E-state index contributed by atoms with van der Waals surface area (Å²) in [6, 6.07) is 15.0. The van der Waals surface area contributed by atoms with Gasteiger partial charge in [-0.3, -0.25) is 0 Å². The van der Waals surface area contributed by atoms with Gasteiger partial charge in [0.05, 0.1) is 16.7 Å². The summed E-state index contributed by atoms with van der Waals surface area (Å²) in [4.78, 5) is 5.94. The van der Waals surface area contributed by atoms with Gasteiger partial charge in [-0.15, -0.1) is 11.3 Å². The number of nitrogens with one attached hydrogen (secondary N) is 1. The zero-order valence-corrected chi connectivity index (χ0v) is 12.8. The van der Waals surface area contributed by atoms with E-state index in [1.807, 2.05) is 0 Å². The third-order valence-electron chi connectivity index (χ3n) is 3.51. The molecule has 1 heterocycles. The lowest BCUT2D eigenvalue weighted by Gasteiger charge is -2.16. The Morgan fingerprint density at radius 3 is 2.55 bits per heavy atom.